The molecule has 2 aromatic carbocycles. The first kappa shape index (κ1) is 11.6. The highest BCUT2D eigenvalue weighted by atomic mass is 35.5. The van der Waals surface area contributed by atoms with Gasteiger partial charge in [-0.15, -0.1) is 11.6 Å². The van der Waals surface area contributed by atoms with Gasteiger partial charge >= 0.3 is 0 Å². The van der Waals surface area contributed by atoms with Crippen molar-refractivity contribution in [2.45, 2.75) is 5.88 Å². The molecule has 90 valence electrons. The van der Waals surface area contributed by atoms with Gasteiger partial charge in [-0.05, 0) is 16.8 Å². The van der Waals surface area contributed by atoms with Crippen molar-refractivity contribution in [1.29, 1.82) is 0 Å². The van der Waals surface area contributed by atoms with E-state index in [-0.39, 0.29) is 0 Å². The Hall–Kier alpha value is -1.51. The fraction of sp³-hybridized carbons (Fsp3) is 0.0714. The minimum absolute atomic E-state index is 0.359. The van der Waals surface area contributed by atoms with E-state index in [0.717, 1.165) is 22.3 Å². The maximum atomic E-state index is 6.11. The minimum Gasteiger partial charge on any atom is -0.172 e. The lowest BCUT2D eigenvalue weighted by Gasteiger charge is -2.05. The second kappa shape index (κ2) is 4.63. The number of fused-ring (bicyclic) bond motifs is 1. The first-order valence-electron chi connectivity index (χ1n) is 5.59. The molecule has 2 nitrogen and oxygen atoms in total. The summed E-state index contributed by atoms with van der Waals surface area (Å²) >= 11 is 11.9. The average molecular weight is 277 g/mol. The van der Waals surface area contributed by atoms with Crippen LogP contribution >= 0.6 is 23.4 Å². The summed E-state index contributed by atoms with van der Waals surface area (Å²) in [6.45, 7) is 0. The number of benzene rings is 2. The van der Waals surface area contributed by atoms with Gasteiger partial charge in [0.05, 0.1) is 17.3 Å². The average Bonchev–Trinajstić information content (AvgIpc) is 2.79. The van der Waals surface area contributed by atoms with Crippen molar-refractivity contribution >= 4 is 34.2 Å². The molecular formula is C14H10Cl2N2. The summed E-state index contributed by atoms with van der Waals surface area (Å²) in [5.74, 6) is 0.359. The second-order valence-corrected chi connectivity index (χ2v) is 4.63. The molecule has 0 aliphatic heterocycles. The highest BCUT2D eigenvalue weighted by Crippen LogP contribution is 2.29. The third-order valence-corrected chi connectivity index (χ3v) is 3.45. The van der Waals surface area contributed by atoms with Gasteiger partial charge in [0.2, 0.25) is 0 Å². The van der Waals surface area contributed by atoms with Crippen LogP contribution in [0.5, 0.6) is 0 Å². The normalized spacial score (nSPS) is 11.0. The Morgan fingerprint density at radius 1 is 1.06 bits per heavy atom. The van der Waals surface area contributed by atoms with Crippen LogP contribution in [0.4, 0.5) is 0 Å². The highest BCUT2D eigenvalue weighted by Gasteiger charge is 2.10. The van der Waals surface area contributed by atoms with Gasteiger partial charge < -0.3 is 0 Å². The summed E-state index contributed by atoms with van der Waals surface area (Å²) in [5, 5.41) is 6.50. The van der Waals surface area contributed by atoms with Gasteiger partial charge in [-0.3, -0.25) is 0 Å². The molecule has 0 aliphatic carbocycles. The van der Waals surface area contributed by atoms with Crippen molar-refractivity contribution in [2.24, 2.45) is 0 Å². The largest absolute Gasteiger partial charge is 0.172 e. The van der Waals surface area contributed by atoms with E-state index < -0.39 is 0 Å². The van der Waals surface area contributed by atoms with Crippen molar-refractivity contribution in [2.75, 3.05) is 0 Å². The number of hydrogen-bond acceptors (Lipinski definition) is 1. The topological polar surface area (TPSA) is 17.8 Å². The molecule has 0 spiro atoms. The van der Waals surface area contributed by atoms with Crippen LogP contribution in [0, 0.1) is 0 Å². The zero-order chi connectivity index (χ0) is 12.5. The maximum Gasteiger partial charge on any atom is 0.0880 e. The molecule has 1 aromatic heterocycles. The summed E-state index contributed by atoms with van der Waals surface area (Å²) in [5.41, 5.74) is 2.70. The Balaban J connectivity index is 2.27. The van der Waals surface area contributed by atoms with Crippen LogP contribution in [0.2, 0.25) is 0 Å². The van der Waals surface area contributed by atoms with E-state index in [1.54, 1.807) is 0 Å². The number of halogens is 2. The Labute approximate surface area is 115 Å². The molecule has 0 bridgehead atoms. The summed E-state index contributed by atoms with van der Waals surface area (Å²) in [4.78, 5) is 0. The number of aromatic nitrogens is 2. The zero-order valence-corrected chi connectivity index (χ0v) is 11.0. The van der Waals surface area contributed by atoms with Gasteiger partial charge in [-0.2, -0.15) is 9.30 Å². The fourth-order valence-corrected chi connectivity index (χ4v) is 2.47. The van der Waals surface area contributed by atoms with E-state index in [4.69, 9.17) is 23.4 Å². The van der Waals surface area contributed by atoms with Crippen molar-refractivity contribution in [3.8, 4) is 11.3 Å². The van der Waals surface area contributed by atoms with Crippen LogP contribution < -0.4 is 0 Å². The number of nitrogens with zero attached hydrogens (tertiary/aromatic N) is 2. The Bertz CT molecular complexity index is 699. The summed E-state index contributed by atoms with van der Waals surface area (Å²) in [6.07, 6.45) is 0. The van der Waals surface area contributed by atoms with Crippen LogP contribution in [0.25, 0.3) is 22.0 Å². The molecule has 1 heterocycles. The van der Waals surface area contributed by atoms with Crippen LogP contribution in [-0.4, -0.2) is 9.30 Å². The maximum absolute atomic E-state index is 6.11. The van der Waals surface area contributed by atoms with Crippen molar-refractivity contribution in [3.63, 3.8) is 0 Å². The molecule has 0 unspecified atom stereocenters. The molecule has 0 fully saturated rings. The summed E-state index contributed by atoms with van der Waals surface area (Å²) < 4.78 is 1.36. The lowest BCUT2D eigenvalue weighted by molar-refractivity contribution is 0.962. The van der Waals surface area contributed by atoms with E-state index in [1.165, 1.54) is 9.59 Å². The van der Waals surface area contributed by atoms with Gasteiger partial charge in [0.25, 0.3) is 0 Å². The van der Waals surface area contributed by atoms with E-state index >= 15 is 0 Å². The number of hydrogen-bond donors (Lipinski definition) is 0. The van der Waals surface area contributed by atoms with Crippen LogP contribution in [0.1, 0.15) is 5.69 Å². The van der Waals surface area contributed by atoms with Crippen LogP contribution in [-0.2, 0) is 5.88 Å². The smallest absolute Gasteiger partial charge is 0.0880 e. The van der Waals surface area contributed by atoms with Gasteiger partial charge in [0, 0.05) is 17.3 Å². The standard InChI is InChI=1S/C14H10Cl2N2/c15-9-11-8-14(18(16)17-11)13-7-3-5-10-4-1-2-6-12(10)13/h1-8H,9H2. The molecule has 0 saturated carbocycles. The lowest BCUT2D eigenvalue weighted by atomic mass is 10.0. The van der Waals surface area contributed by atoms with E-state index in [2.05, 4.69) is 23.3 Å². The first-order valence-corrected chi connectivity index (χ1v) is 6.46. The zero-order valence-electron chi connectivity index (χ0n) is 9.48. The third-order valence-electron chi connectivity index (χ3n) is 2.92. The molecule has 4 heteroatoms. The molecule has 3 rings (SSSR count). The quantitative estimate of drug-likeness (QED) is 0.633. The molecule has 3 aromatic rings. The van der Waals surface area contributed by atoms with E-state index in [0.29, 0.717) is 5.88 Å². The molecule has 0 saturated heterocycles. The molecule has 0 amide bonds. The first-order chi connectivity index (χ1) is 8.79. The molecular weight excluding hydrogens is 267 g/mol. The predicted octanol–water partition coefficient (Wildman–Crippen LogP) is 4.44. The van der Waals surface area contributed by atoms with E-state index in [9.17, 15) is 0 Å². The van der Waals surface area contributed by atoms with Gasteiger partial charge in [-0.1, -0.05) is 42.5 Å². The van der Waals surface area contributed by atoms with Crippen molar-refractivity contribution < 1.29 is 0 Å². The van der Waals surface area contributed by atoms with Crippen molar-refractivity contribution in [3.05, 3.63) is 54.2 Å². The van der Waals surface area contributed by atoms with E-state index in [1.807, 2.05) is 30.3 Å². The SMILES string of the molecule is ClCc1cc(-c2cccc3ccccc23)n(Cl)n1. The van der Waals surface area contributed by atoms with Gasteiger partial charge in [0.15, 0.2) is 0 Å². The fourth-order valence-electron chi connectivity index (χ4n) is 2.10. The van der Waals surface area contributed by atoms with Gasteiger partial charge in [-0.25, -0.2) is 0 Å². The highest BCUT2D eigenvalue weighted by molar-refractivity contribution is 6.18. The van der Waals surface area contributed by atoms with Crippen molar-refractivity contribution in [1.82, 2.24) is 9.30 Å². The predicted molar refractivity (Wildman–Crippen MR) is 76.0 cm³/mol. The number of rotatable bonds is 2. The second-order valence-electron chi connectivity index (χ2n) is 4.04. The Morgan fingerprint density at radius 2 is 1.83 bits per heavy atom. The monoisotopic (exact) mass is 276 g/mol. The van der Waals surface area contributed by atoms with Crippen LogP contribution in [0.3, 0.4) is 0 Å². The molecule has 0 radical (unpaired) electrons. The lowest BCUT2D eigenvalue weighted by Crippen LogP contribution is -1.88. The molecule has 0 aliphatic rings. The minimum atomic E-state index is 0.359. The molecule has 0 atom stereocenters. The Kier molecular flexibility index (Phi) is 2.98. The summed E-state index contributed by atoms with van der Waals surface area (Å²) in [6, 6.07) is 16.2. The summed E-state index contributed by atoms with van der Waals surface area (Å²) in [7, 11) is 0. The van der Waals surface area contributed by atoms with Gasteiger partial charge in [0.1, 0.15) is 0 Å². The molecule has 18 heavy (non-hydrogen) atoms. The number of alkyl halides is 1. The van der Waals surface area contributed by atoms with Crippen LogP contribution in [0.15, 0.2) is 48.5 Å². The molecule has 0 N–H and O–H groups in total. The Morgan fingerprint density at radius 3 is 2.61 bits per heavy atom. The third kappa shape index (κ3) is 1.88.